The van der Waals surface area contributed by atoms with Crippen molar-refractivity contribution in [1.82, 2.24) is 0 Å². The first-order valence-electron chi connectivity index (χ1n) is 4.30. The molecule has 0 aromatic carbocycles. The SMILES string of the molecule is COC[C@H](COCC(C)C)OC. The Bertz CT molecular complexity index is 93.8. The molecule has 0 N–H and O–H groups in total. The highest BCUT2D eigenvalue weighted by atomic mass is 16.5. The van der Waals surface area contributed by atoms with Gasteiger partial charge >= 0.3 is 0 Å². The number of rotatable bonds is 7. The Morgan fingerprint density at radius 3 is 2.08 bits per heavy atom. The average molecular weight is 176 g/mol. The second-order valence-corrected chi connectivity index (χ2v) is 3.24. The van der Waals surface area contributed by atoms with Gasteiger partial charge in [-0.1, -0.05) is 13.8 Å². The van der Waals surface area contributed by atoms with Gasteiger partial charge in [0.15, 0.2) is 0 Å². The van der Waals surface area contributed by atoms with Crippen molar-refractivity contribution < 1.29 is 14.2 Å². The molecule has 0 rings (SSSR count). The van der Waals surface area contributed by atoms with Gasteiger partial charge in [-0.05, 0) is 5.92 Å². The lowest BCUT2D eigenvalue weighted by atomic mass is 10.2. The summed E-state index contributed by atoms with van der Waals surface area (Å²) in [5.41, 5.74) is 0. The maximum Gasteiger partial charge on any atom is 0.104 e. The second kappa shape index (κ2) is 7.53. The molecule has 0 heterocycles. The van der Waals surface area contributed by atoms with E-state index < -0.39 is 0 Å². The van der Waals surface area contributed by atoms with E-state index >= 15 is 0 Å². The first-order valence-corrected chi connectivity index (χ1v) is 4.30. The first-order chi connectivity index (χ1) is 5.70. The summed E-state index contributed by atoms with van der Waals surface area (Å²) in [5.74, 6) is 0.574. The van der Waals surface area contributed by atoms with Crippen molar-refractivity contribution in [3.05, 3.63) is 0 Å². The van der Waals surface area contributed by atoms with E-state index in [1.807, 2.05) is 0 Å². The normalized spacial score (nSPS) is 13.8. The van der Waals surface area contributed by atoms with E-state index in [2.05, 4.69) is 13.8 Å². The molecule has 0 aliphatic carbocycles. The van der Waals surface area contributed by atoms with Crippen LogP contribution in [-0.2, 0) is 14.2 Å². The van der Waals surface area contributed by atoms with Crippen LogP contribution >= 0.6 is 0 Å². The van der Waals surface area contributed by atoms with Crippen LogP contribution < -0.4 is 0 Å². The largest absolute Gasteiger partial charge is 0.382 e. The van der Waals surface area contributed by atoms with Crippen molar-refractivity contribution in [1.29, 1.82) is 0 Å². The molecule has 3 heteroatoms. The van der Waals surface area contributed by atoms with Crippen LogP contribution in [0.15, 0.2) is 0 Å². The number of ether oxygens (including phenoxy) is 3. The summed E-state index contributed by atoms with van der Waals surface area (Å²) in [7, 11) is 3.33. The minimum atomic E-state index is 0.0637. The van der Waals surface area contributed by atoms with Crippen molar-refractivity contribution in [2.24, 2.45) is 5.92 Å². The monoisotopic (exact) mass is 176 g/mol. The minimum absolute atomic E-state index is 0.0637. The molecule has 0 aliphatic rings. The Hall–Kier alpha value is -0.120. The van der Waals surface area contributed by atoms with Crippen LogP contribution in [0.1, 0.15) is 13.8 Å². The zero-order valence-electron chi connectivity index (χ0n) is 8.50. The number of hydrogen-bond acceptors (Lipinski definition) is 3. The molecule has 0 saturated heterocycles. The zero-order chi connectivity index (χ0) is 9.40. The van der Waals surface area contributed by atoms with Gasteiger partial charge < -0.3 is 14.2 Å². The summed E-state index contributed by atoms with van der Waals surface area (Å²) in [6, 6.07) is 0. The molecule has 3 nitrogen and oxygen atoms in total. The third kappa shape index (κ3) is 6.58. The topological polar surface area (TPSA) is 27.7 Å². The number of methoxy groups -OCH3 is 2. The molecule has 0 unspecified atom stereocenters. The molecule has 0 fully saturated rings. The molecule has 1 atom stereocenters. The van der Waals surface area contributed by atoms with E-state index in [1.165, 1.54) is 0 Å². The zero-order valence-corrected chi connectivity index (χ0v) is 8.50. The minimum Gasteiger partial charge on any atom is -0.382 e. The summed E-state index contributed by atoms with van der Waals surface area (Å²) in [5, 5.41) is 0. The molecular weight excluding hydrogens is 156 g/mol. The predicted molar refractivity (Wildman–Crippen MR) is 48.3 cm³/mol. The van der Waals surface area contributed by atoms with Crippen molar-refractivity contribution in [2.45, 2.75) is 20.0 Å². The van der Waals surface area contributed by atoms with Gasteiger partial charge in [0.1, 0.15) is 6.10 Å². The quantitative estimate of drug-likeness (QED) is 0.585. The second-order valence-electron chi connectivity index (χ2n) is 3.24. The van der Waals surface area contributed by atoms with E-state index in [-0.39, 0.29) is 6.10 Å². The van der Waals surface area contributed by atoms with Crippen molar-refractivity contribution >= 4 is 0 Å². The fraction of sp³-hybridized carbons (Fsp3) is 1.00. The highest BCUT2D eigenvalue weighted by Gasteiger charge is 2.06. The van der Waals surface area contributed by atoms with Crippen molar-refractivity contribution in [2.75, 3.05) is 34.0 Å². The molecule has 0 radical (unpaired) electrons. The molecule has 0 bridgehead atoms. The summed E-state index contributed by atoms with van der Waals surface area (Å²) in [6.07, 6.45) is 0.0637. The number of hydrogen-bond donors (Lipinski definition) is 0. The Morgan fingerprint density at radius 2 is 1.67 bits per heavy atom. The van der Waals surface area contributed by atoms with Crippen LogP contribution in [-0.4, -0.2) is 40.1 Å². The lowest BCUT2D eigenvalue weighted by Gasteiger charge is -2.15. The smallest absolute Gasteiger partial charge is 0.104 e. The summed E-state index contributed by atoms with van der Waals surface area (Å²) >= 11 is 0. The summed E-state index contributed by atoms with van der Waals surface area (Å²) in [4.78, 5) is 0. The van der Waals surface area contributed by atoms with Crippen molar-refractivity contribution in [3.63, 3.8) is 0 Å². The third-order valence-electron chi connectivity index (χ3n) is 1.44. The fourth-order valence-electron chi connectivity index (χ4n) is 0.805. The average Bonchev–Trinajstić information content (AvgIpc) is 2.02. The summed E-state index contributed by atoms with van der Waals surface area (Å²) in [6.45, 7) is 6.23. The van der Waals surface area contributed by atoms with E-state index in [9.17, 15) is 0 Å². The highest BCUT2D eigenvalue weighted by Crippen LogP contribution is 1.96. The maximum atomic E-state index is 5.40. The summed E-state index contributed by atoms with van der Waals surface area (Å²) < 4.78 is 15.5. The Morgan fingerprint density at radius 1 is 1.00 bits per heavy atom. The Balaban J connectivity index is 3.31. The lowest BCUT2D eigenvalue weighted by Crippen LogP contribution is -2.24. The van der Waals surface area contributed by atoms with Crippen LogP contribution in [0.25, 0.3) is 0 Å². The molecule has 74 valence electrons. The standard InChI is InChI=1S/C9H20O3/c1-8(2)5-12-7-9(11-4)6-10-3/h8-9H,5-7H2,1-4H3/t9-/m1/s1. The molecule has 0 aliphatic heterocycles. The fourth-order valence-corrected chi connectivity index (χ4v) is 0.805. The van der Waals surface area contributed by atoms with Crippen LogP contribution in [0.3, 0.4) is 0 Å². The van der Waals surface area contributed by atoms with Gasteiger partial charge in [0.05, 0.1) is 13.2 Å². The third-order valence-corrected chi connectivity index (χ3v) is 1.44. The van der Waals surface area contributed by atoms with Gasteiger partial charge in [-0.15, -0.1) is 0 Å². The predicted octanol–water partition coefficient (Wildman–Crippen LogP) is 1.32. The molecule has 0 amide bonds. The highest BCUT2D eigenvalue weighted by molar-refractivity contribution is 4.53. The Labute approximate surface area is 75.0 Å². The van der Waals surface area contributed by atoms with Crippen LogP contribution in [0.5, 0.6) is 0 Å². The van der Waals surface area contributed by atoms with Gasteiger partial charge in [-0.3, -0.25) is 0 Å². The maximum absolute atomic E-state index is 5.40. The van der Waals surface area contributed by atoms with E-state index in [4.69, 9.17) is 14.2 Å². The molecule has 0 aromatic heterocycles. The van der Waals surface area contributed by atoms with E-state index in [0.29, 0.717) is 19.1 Å². The van der Waals surface area contributed by atoms with E-state index in [1.54, 1.807) is 14.2 Å². The van der Waals surface area contributed by atoms with Gasteiger partial charge in [0.25, 0.3) is 0 Å². The van der Waals surface area contributed by atoms with Gasteiger partial charge in [0.2, 0.25) is 0 Å². The van der Waals surface area contributed by atoms with Gasteiger partial charge in [-0.25, -0.2) is 0 Å². The first kappa shape index (κ1) is 11.9. The van der Waals surface area contributed by atoms with Crippen LogP contribution in [0.2, 0.25) is 0 Å². The molecule has 0 spiro atoms. The van der Waals surface area contributed by atoms with Gasteiger partial charge in [0, 0.05) is 20.8 Å². The Kier molecular flexibility index (Phi) is 7.45. The van der Waals surface area contributed by atoms with Crippen LogP contribution in [0.4, 0.5) is 0 Å². The van der Waals surface area contributed by atoms with Gasteiger partial charge in [-0.2, -0.15) is 0 Å². The van der Waals surface area contributed by atoms with Crippen molar-refractivity contribution in [3.8, 4) is 0 Å². The van der Waals surface area contributed by atoms with E-state index in [0.717, 1.165) is 6.61 Å². The molecule has 0 saturated carbocycles. The molecule has 0 aromatic rings. The van der Waals surface area contributed by atoms with Crippen LogP contribution in [0, 0.1) is 5.92 Å². The molecule has 12 heavy (non-hydrogen) atoms. The molecular formula is C9H20O3. The lowest BCUT2D eigenvalue weighted by molar-refractivity contribution is -0.0351.